The second-order valence-electron chi connectivity index (χ2n) is 5.01. The van der Waals surface area contributed by atoms with Gasteiger partial charge in [-0.15, -0.1) is 11.8 Å². The van der Waals surface area contributed by atoms with Crippen LogP contribution in [0.4, 0.5) is 13.2 Å². The van der Waals surface area contributed by atoms with Crippen LogP contribution in [0.1, 0.15) is 33.3 Å². The average Bonchev–Trinajstić information content (AvgIpc) is 2.15. The van der Waals surface area contributed by atoms with E-state index in [9.17, 15) is 13.2 Å². The Morgan fingerprint density at radius 3 is 2.12 bits per heavy atom. The van der Waals surface area contributed by atoms with Crippen LogP contribution in [0.5, 0.6) is 0 Å². The van der Waals surface area contributed by atoms with Crippen LogP contribution in [0.25, 0.3) is 0 Å². The number of alkyl halides is 3. The molecule has 5 heteroatoms. The normalized spacial score (nSPS) is 14.8. The summed E-state index contributed by atoms with van der Waals surface area (Å²) >= 11 is 1.49. The van der Waals surface area contributed by atoms with Gasteiger partial charge in [0.2, 0.25) is 0 Å². The number of hydrogen-bond acceptors (Lipinski definition) is 2. The first-order valence-electron chi connectivity index (χ1n) is 5.30. The lowest BCUT2D eigenvalue weighted by Gasteiger charge is -2.26. The molecular weight excluding hydrogens is 247 g/mol. The fourth-order valence-corrected chi connectivity index (χ4v) is 1.95. The summed E-state index contributed by atoms with van der Waals surface area (Å²) in [6.07, 6.45) is -3.43. The smallest absolute Gasteiger partial charge is 0.249 e. The minimum absolute atomic E-state index is 0.0923. The van der Waals surface area contributed by atoms with Gasteiger partial charge in [0.05, 0.1) is 10.6 Å². The van der Waals surface area contributed by atoms with E-state index in [0.29, 0.717) is 5.03 Å². The minimum atomic E-state index is -4.31. The molecule has 96 valence electrons. The van der Waals surface area contributed by atoms with Gasteiger partial charge in [0.25, 0.3) is 0 Å². The van der Waals surface area contributed by atoms with Gasteiger partial charge in [-0.05, 0) is 17.5 Å². The van der Waals surface area contributed by atoms with E-state index in [1.54, 1.807) is 0 Å². The van der Waals surface area contributed by atoms with Crippen LogP contribution in [0.15, 0.2) is 23.4 Å². The maximum Gasteiger partial charge on any atom is 0.417 e. The second kappa shape index (κ2) is 4.88. The molecule has 0 bridgehead atoms. The van der Waals surface area contributed by atoms with E-state index in [4.69, 9.17) is 0 Å². The van der Waals surface area contributed by atoms with E-state index < -0.39 is 11.7 Å². The Labute approximate surface area is 104 Å². The van der Waals surface area contributed by atoms with Gasteiger partial charge < -0.3 is 0 Å². The first-order chi connectivity index (χ1) is 7.60. The van der Waals surface area contributed by atoms with Crippen molar-refractivity contribution in [2.75, 3.05) is 0 Å². The maximum absolute atomic E-state index is 12.3. The van der Waals surface area contributed by atoms with E-state index in [2.05, 4.69) is 25.8 Å². The van der Waals surface area contributed by atoms with E-state index in [1.165, 1.54) is 17.8 Å². The molecule has 0 saturated carbocycles. The molecule has 0 radical (unpaired) electrons. The molecule has 0 N–H and O–H groups in total. The van der Waals surface area contributed by atoms with Crippen LogP contribution in [0, 0.1) is 5.41 Å². The highest BCUT2D eigenvalue weighted by Crippen LogP contribution is 2.35. The third-order valence-electron chi connectivity index (χ3n) is 2.58. The van der Waals surface area contributed by atoms with Crippen molar-refractivity contribution in [3.8, 4) is 0 Å². The summed E-state index contributed by atoms with van der Waals surface area (Å²) in [5, 5.41) is 0.909. The third kappa shape index (κ3) is 4.22. The zero-order valence-corrected chi connectivity index (χ0v) is 11.1. The minimum Gasteiger partial charge on any atom is -0.249 e. The number of nitrogens with zero attached hydrogens (tertiary/aromatic N) is 1. The molecule has 0 aromatic carbocycles. The van der Waals surface area contributed by atoms with Gasteiger partial charge in [-0.3, -0.25) is 0 Å². The largest absolute Gasteiger partial charge is 0.417 e. The van der Waals surface area contributed by atoms with E-state index in [0.717, 1.165) is 12.3 Å². The first-order valence-corrected chi connectivity index (χ1v) is 6.18. The molecule has 0 aliphatic rings. The number of aromatic nitrogens is 1. The molecule has 1 heterocycles. The van der Waals surface area contributed by atoms with Crippen LogP contribution in [-0.2, 0) is 6.18 Å². The predicted molar refractivity (Wildman–Crippen MR) is 64.0 cm³/mol. The summed E-state index contributed by atoms with van der Waals surface area (Å²) in [7, 11) is 0. The van der Waals surface area contributed by atoms with Crippen molar-refractivity contribution in [2.24, 2.45) is 5.41 Å². The van der Waals surface area contributed by atoms with Crippen molar-refractivity contribution in [3.63, 3.8) is 0 Å². The number of pyridine rings is 1. The van der Waals surface area contributed by atoms with Gasteiger partial charge in [0.15, 0.2) is 0 Å². The molecule has 17 heavy (non-hydrogen) atoms. The van der Waals surface area contributed by atoms with Gasteiger partial charge in [-0.2, -0.15) is 13.2 Å². The molecule has 0 spiro atoms. The monoisotopic (exact) mass is 263 g/mol. The zero-order chi connectivity index (χ0) is 13.3. The van der Waals surface area contributed by atoms with E-state index in [1.807, 2.05) is 6.92 Å². The van der Waals surface area contributed by atoms with Gasteiger partial charge in [-0.1, -0.05) is 27.7 Å². The van der Waals surface area contributed by atoms with Crippen molar-refractivity contribution < 1.29 is 13.2 Å². The average molecular weight is 263 g/mol. The Balaban J connectivity index is 2.76. The Kier molecular flexibility index (Phi) is 4.12. The van der Waals surface area contributed by atoms with Gasteiger partial charge in [-0.25, -0.2) is 4.98 Å². The number of halogens is 3. The molecule has 0 fully saturated rings. The van der Waals surface area contributed by atoms with Crippen LogP contribution in [-0.4, -0.2) is 10.2 Å². The number of thioether (sulfide) groups is 1. The highest BCUT2D eigenvalue weighted by molar-refractivity contribution is 7.99. The van der Waals surface area contributed by atoms with E-state index in [-0.39, 0.29) is 10.7 Å². The zero-order valence-electron chi connectivity index (χ0n) is 10.3. The van der Waals surface area contributed by atoms with Gasteiger partial charge in [0, 0.05) is 11.4 Å². The highest BCUT2D eigenvalue weighted by atomic mass is 32.2. The quantitative estimate of drug-likeness (QED) is 0.722. The van der Waals surface area contributed by atoms with Crippen LogP contribution < -0.4 is 0 Å². The molecule has 1 atom stereocenters. The molecule has 1 aromatic heterocycles. The summed E-state index contributed by atoms with van der Waals surface area (Å²) in [5.74, 6) is 0. The molecule has 0 aliphatic carbocycles. The molecule has 1 rings (SSSR count). The van der Waals surface area contributed by atoms with Crippen molar-refractivity contribution >= 4 is 11.8 Å². The summed E-state index contributed by atoms with van der Waals surface area (Å²) in [6.45, 7) is 8.32. The highest BCUT2D eigenvalue weighted by Gasteiger charge is 2.31. The molecule has 0 aliphatic heterocycles. The Bertz CT molecular complexity index is 365. The van der Waals surface area contributed by atoms with Gasteiger partial charge >= 0.3 is 6.18 Å². The van der Waals surface area contributed by atoms with Crippen LogP contribution in [0.3, 0.4) is 0 Å². The summed E-state index contributed by atoms with van der Waals surface area (Å²) < 4.78 is 37.0. The second-order valence-corrected chi connectivity index (χ2v) is 6.37. The van der Waals surface area contributed by atoms with Crippen LogP contribution in [0.2, 0.25) is 0 Å². The summed E-state index contributed by atoms with van der Waals surface area (Å²) in [5.41, 5.74) is -0.611. The Hall–Kier alpha value is -0.710. The fourth-order valence-electron chi connectivity index (χ4n) is 0.976. The molecule has 1 aromatic rings. The fraction of sp³-hybridized carbons (Fsp3) is 0.583. The lowest BCUT2D eigenvalue weighted by molar-refractivity contribution is -0.137. The molecule has 1 nitrogen and oxygen atoms in total. The SMILES string of the molecule is C[C@@H](Sc1ccc(C(F)(F)F)cn1)C(C)(C)C. The lowest BCUT2D eigenvalue weighted by atomic mass is 9.93. The first kappa shape index (κ1) is 14.4. The topological polar surface area (TPSA) is 12.9 Å². The molecule has 0 unspecified atom stereocenters. The van der Waals surface area contributed by atoms with E-state index >= 15 is 0 Å². The third-order valence-corrected chi connectivity index (χ3v) is 4.12. The van der Waals surface area contributed by atoms with Crippen molar-refractivity contribution in [3.05, 3.63) is 23.9 Å². The van der Waals surface area contributed by atoms with Crippen LogP contribution >= 0.6 is 11.8 Å². The van der Waals surface area contributed by atoms with Crippen molar-refractivity contribution in [1.82, 2.24) is 4.98 Å². The molecule has 0 amide bonds. The number of rotatable bonds is 2. The van der Waals surface area contributed by atoms with Crippen molar-refractivity contribution in [1.29, 1.82) is 0 Å². The summed E-state index contributed by atoms with van der Waals surface area (Å²) in [4.78, 5) is 3.84. The molecular formula is C12H16F3NS. The Morgan fingerprint density at radius 1 is 1.18 bits per heavy atom. The maximum atomic E-state index is 12.3. The summed E-state index contributed by atoms with van der Waals surface area (Å²) in [6, 6.07) is 2.50. The Morgan fingerprint density at radius 2 is 1.76 bits per heavy atom. The van der Waals surface area contributed by atoms with Crippen molar-refractivity contribution in [2.45, 2.75) is 44.1 Å². The lowest BCUT2D eigenvalue weighted by Crippen LogP contribution is -2.19. The standard InChI is InChI=1S/C12H16F3NS/c1-8(11(2,3)4)17-10-6-5-9(7-16-10)12(13,14)15/h5-8H,1-4H3/t8-/m1/s1. The molecule has 0 saturated heterocycles. The number of hydrogen-bond donors (Lipinski definition) is 0. The van der Waals surface area contributed by atoms with Gasteiger partial charge in [0.1, 0.15) is 0 Å². The predicted octanol–water partition coefficient (Wildman–Crippen LogP) is 4.63.